The number of piperidine rings is 2. The van der Waals surface area contributed by atoms with Gasteiger partial charge in [0, 0.05) is 25.2 Å². The molecule has 1 amide bonds. The lowest BCUT2D eigenvalue weighted by Crippen LogP contribution is -2.49. The zero-order valence-corrected chi connectivity index (χ0v) is 17.9. The smallest absolute Gasteiger partial charge is 0.241 e. The van der Waals surface area contributed by atoms with Gasteiger partial charge in [0.15, 0.2) is 0 Å². The number of carbonyl (C=O) groups excluding carboxylic acids is 1. The minimum absolute atomic E-state index is 0.0804. The summed E-state index contributed by atoms with van der Waals surface area (Å²) >= 11 is 0. The molecule has 2 aliphatic rings. The molecule has 2 aliphatic heterocycles. The SMILES string of the molecule is Cc1cccc(-c2noc(CN3CCCC(C(=O)N4CCCC(C)(C)C4)C3)n2)c1. The highest BCUT2D eigenvalue weighted by Crippen LogP contribution is 2.30. The number of amides is 1. The molecular formula is C23H32N4O2. The van der Waals surface area contributed by atoms with E-state index in [1.54, 1.807) is 0 Å². The molecule has 29 heavy (non-hydrogen) atoms. The van der Waals surface area contributed by atoms with Crippen molar-refractivity contribution in [1.29, 1.82) is 0 Å². The van der Waals surface area contributed by atoms with Crippen molar-refractivity contribution in [3.05, 3.63) is 35.7 Å². The minimum atomic E-state index is 0.0804. The maximum atomic E-state index is 13.1. The Kier molecular flexibility index (Phi) is 5.72. The van der Waals surface area contributed by atoms with E-state index in [2.05, 4.69) is 52.8 Å². The van der Waals surface area contributed by atoms with Gasteiger partial charge < -0.3 is 9.42 Å². The zero-order chi connectivity index (χ0) is 20.4. The van der Waals surface area contributed by atoms with Crippen molar-refractivity contribution in [3.8, 4) is 11.4 Å². The monoisotopic (exact) mass is 396 g/mol. The fraction of sp³-hybridized carbons (Fsp3) is 0.609. The molecule has 3 heterocycles. The molecule has 0 radical (unpaired) electrons. The van der Waals surface area contributed by atoms with Crippen molar-refractivity contribution >= 4 is 5.91 Å². The molecule has 2 fully saturated rings. The first-order valence-electron chi connectivity index (χ1n) is 10.8. The van der Waals surface area contributed by atoms with Crippen LogP contribution < -0.4 is 0 Å². The van der Waals surface area contributed by atoms with Crippen LogP contribution in [0.2, 0.25) is 0 Å². The van der Waals surface area contributed by atoms with E-state index in [1.807, 2.05) is 12.1 Å². The molecule has 1 aromatic heterocycles. The van der Waals surface area contributed by atoms with Crippen LogP contribution in [-0.2, 0) is 11.3 Å². The van der Waals surface area contributed by atoms with E-state index in [4.69, 9.17) is 4.52 Å². The molecule has 1 unspecified atom stereocenters. The topological polar surface area (TPSA) is 62.5 Å². The molecule has 1 aromatic carbocycles. The maximum absolute atomic E-state index is 13.1. The maximum Gasteiger partial charge on any atom is 0.241 e. The van der Waals surface area contributed by atoms with Crippen LogP contribution in [0, 0.1) is 18.3 Å². The molecule has 156 valence electrons. The third-order valence-corrected chi connectivity index (χ3v) is 6.17. The van der Waals surface area contributed by atoms with E-state index in [-0.39, 0.29) is 11.3 Å². The Morgan fingerprint density at radius 2 is 2.14 bits per heavy atom. The highest BCUT2D eigenvalue weighted by Gasteiger charge is 2.34. The van der Waals surface area contributed by atoms with Crippen LogP contribution in [0.1, 0.15) is 51.0 Å². The van der Waals surface area contributed by atoms with Crippen LogP contribution in [0.5, 0.6) is 0 Å². The number of aryl methyl sites for hydroxylation is 1. The van der Waals surface area contributed by atoms with Crippen LogP contribution in [0.4, 0.5) is 0 Å². The Bertz CT molecular complexity index is 860. The van der Waals surface area contributed by atoms with E-state index >= 15 is 0 Å². The Morgan fingerprint density at radius 3 is 2.93 bits per heavy atom. The molecule has 2 aromatic rings. The van der Waals surface area contributed by atoms with Gasteiger partial charge in [-0.2, -0.15) is 4.98 Å². The minimum Gasteiger partial charge on any atom is -0.342 e. The second-order valence-corrected chi connectivity index (χ2v) is 9.48. The van der Waals surface area contributed by atoms with Crippen molar-refractivity contribution in [2.75, 3.05) is 26.2 Å². The number of likely N-dealkylation sites (tertiary alicyclic amines) is 2. The number of carbonyl (C=O) groups is 1. The third kappa shape index (κ3) is 4.86. The Hall–Kier alpha value is -2.21. The van der Waals surface area contributed by atoms with Gasteiger partial charge >= 0.3 is 0 Å². The van der Waals surface area contributed by atoms with Crippen LogP contribution in [-0.4, -0.2) is 52.0 Å². The predicted molar refractivity (Wildman–Crippen MR) is 112 cm³/mol. The van der Waals surface area contributed by atoms with Crippen molar-refractivity contribution in [1.82, 2.24) is 19.9 Å². The average Bonchev–Trinajstić information content (AvgIpc) is 3.15. The van der Waals surface area contributed by atoms with Crippen molar-refractivity contribution in [3.63, 3.8) is 0 Å². The lowest BCUT2D eigenvalue weighted by molar-refractivity contribution is -0.140. The van der Waals surface area contributed by atoms with Gasteiger partial charge in [0.05, 0.1) is 12.5 Å². The summed E-state index contributed by atoms with van der Waals surface area (Å²) in [5.41, 5.74) is 2.38. The number of hydrogen-bond donors (Lipinski definition) is 0. The van der Waals surface area contributed by atoms with E-state index in [9.17, 15) is 4.79 Å². The second-order valence-electron chi connectivity index (χ2n) is 9.48. The summed E-state index contributed by atoms with van der Waals surface area (Å²) in [6, 6.07) is 8.12. The summed E-state index contributed by atoms with van der Waals surface area (Å²) in [6.45, 7) is 10.7. The van der Waals surface area contributed by atoms with Gasteiger partial charge in [0.25, 0.3) is 0 Å². The predicted octanol–water partition coefficient (Wildman–Crippen LogP) is 3.91. The molecule has 0 spiro atoms. The molecule has 0 saturated carbocycles. The second kappa shape index (κ2) is 8.27. The van der Waals surface area contributed by atoms with Crippen LogP contribution in [0.15, 0.2) is 28.8 Å². The van der Waals surface area contributed by atoms with Gasteiger partial charge in [0.1, 0.15) is 0 Å². The first-order chi connectivity index (χ1) is 13.9. The molecule has 2 saturated heterocycles. The summed E-state index contributed by atoms with van der Waals surface area (Å²) in [5.74, 6) is 1.66. The highest BCUT2D eigenvalue weighted by molar-refractivity contribution is 5.79. The Balaban J connectivity index is 1.37. The van der Waals surface area contributed by atoms with Gasteiger partial charge in [-0.05, 0) is 50.6 Å². The summed E-state index contributed by atoms with van der Waals surface area (Å²) in [5, 5.41) is 4.15. The van der Waals surface area contributed by atoms with Gasteiger partial charge in [0.2, 0.25) is 17.6 Å². The highest BCUT2D eigenvalue weighted by atomic mass is 16.5. The van der Waals surface area contributed by atoms with Gasteiger partial charge in [-0.15, -0.1) is 0 Å². The fourth-order valence-corrected chi connectivity index (χ4v) is 4.68. The molecular weight excluding hydrogens is 364 g/mol. The number of aromatic nitrogens is 2. The summed E-state index contributed by atoms with van der Waals surface area (Å²) in [4.78, 5) is 22.1. The first kappa shape index (κ1) is 20.1. The largest absolute Gasteiger partial charge is 0.342 e. The Morgan fingerprint density at radius 1 is 1.28 bits per heavy atom. The standard InChI is InChI=1S/C23H32N4O2/c1-17-7-4-8-18(13-17)21-24-20(29-25-21)15-26-11-5-9-19(14-26)22(28)27-12-6-10-23(2,3)16-27/h4,7-8,13,19H,5-6,9-12,14-16H2,1-3H3. The lowest BCUT2D eigenvalue weighted by Gasteiger charge is -2.41. The molecule has 4 rings (SSSR count). The third-order valence-electron chi connectivity index (χ3n) is 6.17. The van der Waals surface area contributed by atoms with Crippen molar-refractivity contribution in [2.24, 2.45) is 11.3 Å². The average molecular weight is 397 g/mol. The van der Waals surface area contributed by atoms with Crippen molar-refractivity contribution in [2.45, 2.75) is 53.0 Å². The van der Waals surface area contributed by atoms with Gasteiger partial charge in [-0.3, -0.25) is 9.69 Å². The van der Waals surface area contributed by atoms with Crippen LogP contribution in [0.3, 0.4) is 0 Å². The van der Waals surface area contributed by atoms with Gasteiger partial charge in [-0.25, -0.2) is 0 Å². The number of rotatable bonds is 4. The molecule has 1 atom stereocenters. The first-order valence-corrected chi connectivity index (χ1v) is 10.8. The van der Waals surface area contributed by atoms with E-state index in [0.717, 1.165) is 51.0 Å². The van der Waals surface area contributed by atoms with Gasteiger partial charge in [-0.1, -0.05) is 42.8 Å². The lowest BCUT2D eigenvalue weighted by atomic mass is 9.83. The van der Waals surface area contributed by atoms with E-state index in [1.165, 1.54) is 12.0 Å². The summed E-state index contributed by atoms with van der Waals surface area (Å²) in [6.07, 6.45) is 4.32. The van der Waals surface area contributed by atoms with E-state index in [0.29, 0.717) is 24.2 Å². The van der Waals surface area contributed by atoms with Crippen LogP contribution >= 0.6 is 0 Å². The number of nitrogens with zero attached hydrogens (tertiary/aromatic N) is 4. The number of hydrogen-bond acceptors (Lipinski definition) is 5. The summed E-state index contributed by atoms with van der Waals surface area (Å²) in [7, 11) is 0. The van der Waals surface area contributed by atoms with E-state index < -0.39 is 0 Å². The molecule has 0 N–H and O–H groups in total. The molecule has 6 heteroatoms. The normalized spacial score (nSPS) is 22.6. The fourth-order valence-electron chi connectivity index (χ4n) is 4.68. The quantitative estimate of drug-likeness (QED) is 0.784. The zero-order valence-electron chi connectivity index (χ0n) is 17.9. The van der Waals surface area contributed by atoms with Crippen molar-refractivity contribution < 1.29 is 9.32 Å². The number of benzene rings is 1. The molecule has 6 nitrogen and oxygen atoms in total. The molecule has 0 bridgehead atoms. The Labute approximate surface area is 173 Å². The molecule has 0 aliphatic carbocycles. The summed E-state index contributed by atoms with van der Waals surface area (Å²) < 4.78 is 5.50. The van der Waals surface area contributed by atoms with Crippen LogP contribution in [0.25, 0.3) is 11.4 Å².